The third-order valence-electron chi connectivity index (χ3n) is 3.61. The molecule has 1 aromatic heterocycles. The van der Waals surface area contributed by atoms with E-state index in [4.69, 9.17) is 23.2 Å². The van der Waals surface area contributed by atoms with Gasteiger partial charge in [0.2, 0.25) is 5.91 Å². The molecule has 0 saturated heterocycles. The van der Waals surface area contributed by atoms with Crippen LogP contribution in [-0.2, 0) is 10.7 Å². The van der Waals surface area contributed by atoms with Crippen LogP contribution in [0.4, 0.5) is 4.39 Å². The Morgan fingerprint density at radius 3 is 2.90 bits per heavy atom. The molecule has 1 heterocycles. The van der Waals surface area contributed by atoms with E-state index < -0.39 is 11.9 Å². The molecule has 1 unspecified atom stereocenters. The highest BCUT2D eigenvalue weighted by Crippen LogP contribution is 2.28. The first kappa shape index (κ1) is 14.6. The number of benzene rings is 1. The maximum absolute atomic E-state index is 13.7. The number of hydrogen-bond acceptors (Lipinski definition) is 2. The fraction of sp³-hybridized carbons (Fsp3) is 0.429. The van der Waals surface area contributed by atoms with E-state index in [1.165, 1.54) is 12.1 Å². The van der Waals surface area contributed by atoms with Crippen LogP contribution < -0.4 is 5.32 Å². The summed E-state index contributed by atoms with van der Waals surface area (Å²) in [5, 5.41) is 2.94. The van der Waals surface area contributed by atoms with E-state index in [2.05, 4.69) is 10.3 Å². The van der Waals surface area contributed by atoms with Crippen LogP contribution in [0.15, 0.2) is 12.1 Å². The normalized spacial score (nSPS) is 16.2. The average molecular weight is 330 g/mol. The molecule has 3 rings (SSSR count). The van der Waals surface area contributed by atoms with Gasteiger partial charge in [0.05, 0.1) is 21.9 Å². The zero-order chi connectivity index (χ0) is 15.1. The summed E-state index contributed by atoms with van der Waals surface area (Å²) in [5.74, 6) is 0.00107. The lowest BCUT2D eigenvalue weighted by Gasteiger charge is -2.16. The van der Waals surface area contributed by atoms with Crippen LogP contribution in [0.5, 0.6) is 0 Å². The molecule has 1 N–H and O–H groups in total. The molecule has 1 atom stereocenters. The number of nitrogens with one attached hydrogen (secondary N) is 1. The fourth-order valence-corrected chi connectivity index (χ4v) is 2.68. The van der Waals surface area contributed by atoms with Crippen LogP contribution in [0.2, 0.25) is 5.02 Å². The van der Waals surface area contributed by atoms with Crippen molar-refractivity contribution in [1.82, 2.24) is 14.9 Å². The first-order chi connectivity index (χ1) is 10.0. The number of imidazole rings is 1. The Labute approximate surface area is 131 Å². The highest BCUT2D eigenvalue weighted by Gasteiger charge is 2.28. The monoisotopic (exact) mass is 329 g/mol. The van der Waals surface area contributed by atoms with Crippen LogP contribution in [0.3, 0.4) is 0 Å². The van der Waals surface area contributed by atoms with E-state index >= 15 is 0 Å². The Bertz CT molecular complexity index is 712. The molecule has 0 bridgehead atoms. The lowest BCUT2D eigenvalue weighted by atomic mass is 10.2. The summed E-state index contributed by atoms with van der Waals surface area (Å²) in [6.45, 7) is 1.75. The van der Waals surface area contributed by atoms with Crippen molar-refractivity contribution >= 4 is 40.1 Å². The van der Waals surface area contributed by atoms with E-state index in [1.807, 2.05) is 0 Å². The number of hydrogen-bond donors (Lipinski definition) is 1. The Balaban J connectivity index is 2.06. The lowest BCUT2D eigenvalue weighted by molar-refractivity contribution is -0.123. The number of nitrogens with zero attached hydrogens (tertiary/aromatic N) is 2. The lowest BCUT2D eigenvalue weighted by Crippen LogP contribution is -2.33. The van der Waals surface area contributed by atoms with Crippen molar-refractivity contribution in [3.05, 3.63) is 28.8 Å². The molecule has 1 fully saturated rings. The van der Waals surface area contributed by atoms with Crippen molar-refractivity contribution in [2.75, 3.05) is 0 Å². The number of rotatable bonds is 4. The molecule has 7 heteroatoms. The van der Waals surface area contributed by atoms with E-state index in [-0.39, 0.29) is 22.9 Å². The van der Waals surface area contributed by atoms with Crippen LogP contribution in [0, 0.1) is 5.82 Å². The number of amides is 1. The number of aromatic nitrogens is 2. The van der Waals surface area contributed by atoms with Crippen LogP contribution in [0.25, 0.3) is 11.0 Å². The molecule has 21 heavy (non-hydrogen) atoms. The Kier molecular flexibility index (Phi) is 3.80. The van der Waals surface area contributed by atoms with E-state index in [0.29, 0.717) is 16.9 Å². The smallest absolute Gasteiger partial charge is 0.243 e. The second-order valence-electron chi connectivity index (χ2n) is 5.25. The largest absolute Gasteiger partial charge is 0.352 e. The maximum Gasteiger partial charge on any atom is 0.243 e. The van der Waals surface area contributed by atoms with Gasteiger partial charge in [0.1, 0.15) is 17.7 Å². The van der Waals surface area contributed by atoms with Crippen molar-refractivity contribution in [3.63, 3.8) is 0 Å². The van der Waals surface area contributed by atoms with E-state index in [0.717, 1.165) is 12.8 Å². The zero-order valence-corrected chi connectivity index (χ0v) is 12.9. The highest BCUT2D eigenvalue weighted by atomic mass is 35.5. The van der Waals surface area contributed by atoms with Crippen LogP contribution >= 0.6 is 23.2 Å². The van der Waals surface area contributed by atoms with Gasteiger partial charge < -0.3 is 9.88 Å². The van der Waals surface area contributed by atoms with Crippen molar-refractivity contribution in [3.8, 4) is 0 Å². The molecule has 0 spiro atoms. The summed E-state index contributed by atoms with van der Waals surface area (Å²) in [4.78, 5) is 16.6. The minimum absolute atomic E-state index is 0.00311. The molecule has 1 aliphatic carbocycles. The summed E-state index contributed by atoms with van der Waals surface area (Å²) < 4.78 is 15.4. The first-order valence-corrected chi connectivity index (χ1v) is 7.64. The Morgan fingerprint density at radius 1 is 1.57 bits per heavy atom. The third-order valence-corrected chi connectivity index (χ3v) is 4.14. The average Bonchev–Trinajstić information content (AvgIpc) is 3.19. The second kappa shape index (κ2) is 5.46. The summed E-state index contributed by atoms with van der Waals surface area (Å²) in [7, 11) is 0. The maximum atomic E-state index is 13.7. The van der Waals surface area contributed by atoms with E-state index in [1.54, 1.807) is 11.5 Å². The van der Waals surface area contributed by atoms with Crippen molar-refractivity contribution in [2.45, 2.75) is 37.7 Å². The van der Waals surface area contributed by atoms with Gasteiger partial charge in [0, 0.05) is 12.1 Å². The topological polar surface area (TPSA) is 46.9 Å². The van der Waals surface area contributed by atoms with Gasteiger partial charge >= 0.3 is 0 Å². The molecule has 0 aliphatic heterocycles. The van der Waals surface area contributed by atoms with Crippen molar-refractivity contribution in [1.29, 1.82) is 0 Å². The van der Waals surface area contributed by atoms with Crippen LogP contribution in [0.1, 0.15) is 31.6 Å². The molecule has 2 aromatic rings. The first-order valence-electron chi connectivity index (χ1n) is 6.73. The number of carbonyl (C=O) groups is 1. The summed E-state index contributed by atoms with van der Waals surface area (Å²) in [6, 6.07) is 2.50. The molecule has 4 nitrogen and oxygen atoms in total. The highest BCUT2D eigenvalue weighted by molar-refractivity contribution is 6.31. The molecule has 1 aromatic carbocycles. The minimum Gasteiger partial charge on any atom is -0.352 e. The Morgan fingerprint density at radius 2 is 2.29 bits per heavy atom. The number of carbonyl (C=O) groups excluding carboxylic acids is 1. The summed E-state index contributed by atoms with van der Waals surface area (Å²) >= 11 is 11.7. The number of fused-ring (bicyclic) bond motifs is 1. The van der Waals surface area contributed by atoms with Gasteiger partial charge in [0.25, 0.3) is 0 Å². The zero-order valence-electron chi connectivity index (χ0n) is 11.4. The predicted octanol–water partition coefficient (Wildman–Crippen LogP) is 3.41. The van der Waals surface area contributed by atoms with Crippen LogP contribution in [-0.4, -0.2) is 21.5 Å². The van der Waals surface area contributed by atoms with Crippen molar-refractivity contribution < 1.29 is 9.18 Å². The van der Waals surface area contributed by atoms with Gasteiger partial charge in [-0.25, -0.2) is 9.37 Å². The van der Waals surface area contributed by atoms with E-state index in [9.17, 15) is 9.18 Å². The van der Waals surface area contributed by atoms with Gasteiger partial charge in [-0.05, 0) is 25.8 Å². The molecule has 1 saturated carbocycles. The number of alkyl halides is 1. The second-order valence-corrected chi connectivity index (χ2v) is 5.92. The van der Waals surface area contributed by atoms with Gasteiger partial charge in [-0.15, -0.1) is 11.6 Å². The standard InChI is InChI=1S/C14H14Cl2FN3O/c1-7(14(21)18-8-2-3-8)20-12-5-10(17)9(16)4-11(12)19-13(20)6-15/h4-5,7-8H,2-3,6H2,1H3,(H,18,21). The molecular formula is C14H14Cl2FN3O. The molecule has 0 radical (unpaired) electrons. The quantitative estimate of drug-likeness (QED) is 0.874. The molecule has 112 valence electrons. The van der Waals surface area contributed by atoms with Gasteiger partial charge in [-0.1, -0.05) is 11.6 Å². The summed E-state index contributed by atoms with van der Waals surface area (Å²) in [6.07, 6.45) is 2.02. The van der Waals surface area contributed by atoms with Gasteiger partial charge in [-0.2, -0.15) is 0 Å². The minimum atomic E-state index is -0.541. The summed E-state index contributed by atoms with van der Waals surface area (Å²) in [5.41, 5.74) is 1.05. The molecule has 1 aliphatic rings. The molecule has 1 amide bonds. The number of halogens is 3. The Hall–Kier alpha value is -1.33. The SMILES string of the molecule is CC(C(=O)NC1CC1)n1c(CCl)nc2cc(Cl)c(F)cc21. The fourth-order valence-electron chi connectivity index (χ4n) is 2.33. The van der Waals surface area contributed by atoms with Gasteiger partial charge in [0.15, 0.2) is 0 Å². The molecular weight excluding hydrogens is 316 g/mol. The third kappa shape index (κ3) is 2.72. The van der Waals surface area contributed by atoms with Gasteiger partial charge in [-0.3, -0.25) is 4.79 Å². The van der Waals surface area contributed by atoms with Crippen molar-refractivity contribution in [2.24, 2.45) is 0 Å². The predicted molar refractivity (Wildman–Crippen MR) is 80.1 cm³/mol.